The van der Waals surface area contributed by atoms with Crippen molar-refractivity contribution in [1.82, 2.24) is 29.9 Å². The summed E-state index contributed by atoms with van der Waals surface area (Å²) >= 11 is 7.90. The first-order valence-corrected chi connectivity index (χ1v) is 13.0. The van der Waals surface area contributed by atoms with Crippen molar-refractivity contribution in [2.24, 2.45) is 4.99 Å². The summed E-state index contributed by atoms with van der Waals surface area (Å²) in [5, 5.41) is 9.90. The molecular formula is C25H21ClF3N7OS. The number of nitrogens with one attached hydrogen (secondary N) is 1. The summed E-state index contributed by atoms with van der Waals surface area (Å²) in [5.74, 6) is 0.0537. The number of aliphatic imine (C=N–C) groups is 1. The molecule has 0 bridgehead atoms. The molecule has 0 radical (unpaired) electrons. The molecule has 5 heterocycles. The molecule has 6 rings (SSSR count). The van der Waals surface area contributed by atoms with E-state index in [9.17, 15) is 18.0 Å². The van der Waals surface area contributed by atoms with Gasteiger partial charge in [-0.2, -0.15) is 13.9 Å². The number of amidine groups is 1. The van der Waals surface area contributed by atoms with Crippen molar-refractivity contribution in [3.8, 4) is 0 Å². The molecule has 3 aliphatic heterocycles. The summed E-state index contributed by atoms with van der Waals surface area (Å²) in [5.41, 5.74) is 1.45. The molecule has 196 valence electrons. The number of thiazole rings is 1. The molecular weight excluding hydrogens is 539 g/mol. The number of benzene rings is 1. The van der Waals surface area contributed by atoms with E-state index in [1.165, 1.54) is 35.7 Å². The average Bonchev–Trinajstić information content (AvgIpc) is 3.66. The SMILES string of the molecule is C=CCN1C[C@@]2(CC3=C(c4ccn(C(F)F)n4)[C@H](c4ccc(F)cc4Cl)N=C(c4nccs4)N3C2)NC1=O. The predicted molar refractivity (Wildman–Crippen MR) is 138 cm³/mol. The second kappa shape index (κ2) is 9.28. The monoisotopic (exact) mass is 559 g/mol. The highest BCUT2D eigenvalue weighted by Crippen LogP contribution is 2.48. The third-order valence-electron chi connectivity index (χ3n) is 6.85. The Bertz CT molecular complexity index is 1490. The molecule has 13 heteroatoms. The van der Waals surface area contributed by atoms with E-state index in [0.717, 1.165) is 5.70 Å². The third kappa shape index (κ3) is 4.08. The van der Waals surface area contributed by atoms with E-state index in [4.69, 9.17) is 16.6 Å². The number of hydrogen-bond acceptors (Lipinski definition) is 6. The minimum Gasteiger partial charge on any atom is -0.329 e. The van der Waals surface area contributed by atoms with Crippen LogP contribution in [0.5, 0.6) is 0 Å². The molecule has 1 N–H and O–H groups in total. The molecule has 2 fully saturated rings. The fourth-order valence-corrected chi connectivity index (χ4v) is 6.25. The molecule has 1 spiro atoms. The van der Waals surface area contributed by atoms with Crippen LogP contribution in [-0.2, 0) is 0 Å². The molecule has 0 saturated carbocycles. The van der Waals surface area contributed by atoms with Crippen LogP contribution in [0.3, 0.4) is 0 Å². The maximum absolute atomic E-state index is 14.0. The van der Waals surface area contributed by atoms with E-state index >= 15 is 0 Å². The smallest absolute Gasteiger partial charge is 0.329 e. The summed E-state index contributed by atoms with van der Waals surface area (Å²) in [7, 11) is 0. The molecule has 2 saturated heterocycles. The van der Waals surface area contributed by atoms with Crippen molar-refractivity contribution in [2.45, 2.75) is 24.6 Å². The number of halogens is 4. The molecule has 8 nitrogen and oxygen atoms in total. The van der Waals surface area contributed by atoms with Crippen molar-refractivity contribution in [3.63, 3.8) is 0 Å². The van der Waals surface area contributed by atoms with Crippen LogP contribution in [0.25, 0.3) is 5.57 Å². The van der Waals surface area contributed by atoms with Gasteiger partial charge in [-0.3, -0.25) is 4.99 Å². The summed E-state index contributed by atoms with van der Waals surface area (Å²) < 4.78 is 41.6. The van der Waals surface area contributed by atoms with Gasteiger partial charge in [0.25, 0.3) is 0 Å². The van der Waals surface area contributed by atoms with Crippen molar-refractivity contribution < 1.29 is 18.0 Å². The minimum absolute atomic E-state index is 0.149. The van der Waals surface area contributed by atoms with Gasteiger partial charge < -0.3 is 15.1 Å². The van der Waals surface area contributed by atoms with E-state index in [2.05, 4.69) is 22.0 Å². The summed E-state index contributed by atoms with van der Waals surface area (Å²) in [4.78, 5) is 25.9. The molecule has 3 aliphatic rings. The lowest BCUT2D eigenvalue weighted by Crippen LogP contribution is -2.47. The first-order chi connectivity index (χ1) is 18.3. The maximum atomic E-state index is 14.0. The number of fused-ring (bicyclic) bond motifs is 1. The van der Waals surface area contributed by atoms with E-state index < -0.39 is 23.9 Å². The van der Waals surface area contributed by atoms with Crippen LogP contribution in [-0.4, -0.2) is 61.6 Å². The van der Waals surface area contributed by atoms with Gasteiger partial charge in [0.05, 0.1) is 11.2 Å². The van der Waals surface area contributed by atoms with Gasteiger partial charge in [-0.05, 0) is 18.2 Å². The number of amides is 2. The summed E-state index contributed by atoms with van der Waals surface area (Å²) in [6.07, 6.45) is 4.93. The summed E-state index contributed by atoms with van der Waals surface area (Å²) in [6.45, 7) is 2.11. The number of carbonyl (C=O) groups excluding carboxylic acids is 1. The number of nitrogens with zero attached hydrogens (tertiary/aromatic N) is 6. The Balaban J connectivity index is 1.55. The lowest BCUT2D eigenvalue weighted by Gasteiger charge is -2.32. The normalized spacial score (nSPS) is 22.9. The number of carbonyl (C=O) groups is 1. The molecule has 2 atom stereocenters. The molecule has 2 aromatic heterocycles. The van der Waals surface area contributed by atoms with Gasteiger partial charge in [0.1, 0.15) is 11.9 Å². The van der Waals surface area contributed by atoms with Crippen molar-refractivity contribution in [3.05, 3.63) is 87.5 Å². The molecule has 3 aromatic rings. The first kappa shape index (κ1) is 24.7. The van der Waals surface area contributed by atoms with Gasteiger partial charge in [0.15, 0.2) is 10.8 Å². The zero-order chi connectivity index (χ0) is 26.6. The van der Waals surface area contributed by atoms with Gasteiger partial charge in [0.2, 0.25) is 0 Å². The zero-order valence-corrected chi connectivity index (χ0v) is 21.4. The van der Waals surface area contributed by atoms with Crippen molar-refractivity contribution in [2.75, 3.05) is 19.6 Å². The lowest BCUT2D eigenvalue weighted by atomic mass is 9.90. The van der Waals surface area contributed by atoms with Gasteiger partial charge in [0, 0.05) is 65.7 Å². The van der Waals surface area contributed by atoms with Crippen LogP contribution in [0.2, 0.25) is 5.02 Å². The van der Waals surface area contributed by atoms with Crippen molar-refractivity contribution in [1.29, 1.82) is 0 Å². The molecule has 38 heavy (non-hydrogen) atoms. The average molecular weight is 560 g/mol. The largest absolute Gasteiger partial charge is 0.333 e. The Kier molecular flexibility index (Phi) is 6.03. The highest BCUT2D eigenvalue weighted by atomic mass is 35.5. The Labute approximate surface area is 224 Å². The van der Waals surface area contributed by atoms with E-state index in [0.29, 0.717) is 58.4 Å². The van der Waals surface area contributed by atoms with Gasteiger partial charge in [-0.25, -0.2) is 18.9 Å². The molecule has 1 aromatic carbocycles. The van der Waals surface area contributed by atoms with Crippen LogP contribution in [0.1, 0.15) is 35.3 Å². The Morgan fingerprint density at radius 3 is 2.84 bits per heavy atom. The van der Waals surface area contributed by atoms with Crippen LogP contribution in [0.4, 0.5) is 18.0 Å². The Hall–Kier alpha value is -3.64. The first-order valence-electron chi connectivity index (χ1n) is 11.7. The second-order valence-electron chi connectivity index (χ2n) is 9.32. The van der Waals surface area contributed by atoms with Gasteiger partial charge in [-0.1, -0.05) is 23.7 Å². The van der Waals surface area contributed by atoms with Gasteiger partial charge in [-0.15, -0.1) is 17.9 Å². The van der Waals surface area contributed by atoms with E-state index in [1.54, 1.807) is 23.2 Å². The number of alkyl halides is 2. The lowest BCUT2D eigenvalue weighted by molar-refractivity contribution is 0.0564. The highest BCUT2D eigenvalue weighted by Gasteiger charge is 2.52. The second-order valence-corrected chi connectivity index (χ2v) is 10.6. The number of hydrogen-bond donors (Lipinski definition) is 1. The fraction of sp³-hybridized carbons (Fsp3) is 0.280. The van der Waals surface area contributed by atoms with Crippen LogP contribution in [0.15, 0.2) is 65.4 Å². The fourth-order valence-electron chi connectivity index (χ4n) is 5.33. The predicted octanol–water partition coefficient (Wildman–Crippen LogP) is 5.10. The number of aromatic nitrogens is 3. The Morgan fingerprint density at radius 1 is 1.32 bits per heavy atom. The molecule has 0 aliphatic carbocycles. The Morgan fingerprint density at radius 2 is 2.16 bits per heavy atom. The standard InChI is InChI=1S/C25H21ClF3N7OS/c1-2-7-34-12-25(32-24(34)37)11-18-19(17-5-8-36(33-17)23(28)29)20(15-4-3-14(27)10-16(15)26)31-21(35(18)13-25)22-30-6-9-38-22/h2-6,8-10,20,23H,1,7,11-13H2,(H,32,37)/t20-,25+/m0/s1. The van der Waals surface area contributed by atoms with E-state index in [1.807, 2.05) is 10.3 Å². The third-order valence-corrected chi connectivity index (χ3v) is 7.95. The zero-order valence-electron chi connectivity index (χ0n) is 19.8. The minimum atomic E-state index is -2.83. The van der Waals surface area contributed by atoms with Crippen molar-refractivity contribution >= 4 is 40.4 Å². The summed E-state index contributed by atoms with van der Waals surface area (Å²) in [6, 6.07) is 4.54. The molecule has 2 amide bonds. The number of rotatable bonds is 6. The molecule has 0 unspecified atom stereocenters. The van der Waals surface area contributed by atoms with Crippen LogP contribution >= 0.6 is 22.9 Å². The van der Waals surface area contributed by atoms with Crippen LogP contribution in [0, 0.1) is 5.82 Å². The van der Waals surface area contributed by atoms with Gasteiger partial charge >= 0.3 is 12.6 Å². The quantitative estimate of drug-likeness (QED) is 0.427. The topological polar surface area (TPSA) is 78.7 Å². The van der Waals surface area contributed by atoms with E-state index in [-0.39, 0.29) is 11.1 Å². The van der Waals surface area contributed by atoms with Crippen LogP contribution < -0.4 is 5.32 Å². The maximum Gasteiger partial charge on any atom is 0.333 e. The number of urea groups is 1. The highest BCUT2D eigenvalue weighted by molar-refractivity contribution is 7.11.